The van der Waals surface area contributed by atoms with E-state index in [1.807, 2.05) is 25.1 Å². The number of ether oxygens (including phenoxy) is 1. The molecule has 23 heavy (non-hydrogen) atoms. The molecule has 1 saturated heterocycles. The van der Waals surface area contributed by atoms with Gasteiger partial charge in [0.2, 0.25) is 0 Å². The molecule has 1 heterocycles. The summed E-state index contributed by atoms with van der Waals surface area (Å²) in [6, 6.07) is 16.6. The van der Waals surface area contributed by atoms with Crippen molar-refractivity contribution in [3.63, 3.8) is 0 Å². The number of nitrogen functional groups attached to an aromatic ring is 1. The van der Waals surface area contributed by atoms with E-state index in [9.17, 15) is 0 Å². The molecule has 0 aliphatic carbocycles. The van der Waals surface area contributed by atoms with Crippen LogP contribution in [0.5, 0.6) is 5.75 Å². The molecule has 0 spiro atoms. The van der Waals surface area contributed by atoms with Gasteiger partial charge in [-0.3, -0.25) is 4.90 Å². The Bertz CT molecular complexity index is 622. The fourth-order valence-corrected chi connectivity index (χ4v) is 2.93. The van der Waals surface area contributed by atoms with E-state index in [0.29, 0.717) is 6.61 Å². The first-order valence-corrected chi connectivity index (χ1v) is 8.24. The summed E-state index contributed by atoms with van der Waals surface area (Å²) in [5.41, 5.74) is 9.17. The second-order valence-electron chi connectivity index (χ2n) is 6.00. The average Bonchev–Trinajstić information content (AvgIpc) is 2.60. The van der Waals surface area contributed by atoms with Gasteiger partial charge < -0.3 is 15.4 Å². The van der Waals surface area contributed by atoms with Gasteiger partial charge >= 0.3 is 0 Å². The Kier molecular flexibility index (Phi) is 5.03. The van der Waals surface area contributed by atoms with Crippen LogP contribution in [-0.2, 0) is 0 Å². The summed E-state index contributed by atoms with van der Waals surface area (Å²) in [7, 11) is 0. The van der Waals surface area contributed by atoms with Crippen LogP contribution in [0.25, 0.3) is 0 Å². The van der Waals surface area contributed by atoms with Gasteiger partial charge in [-0.1, -0.05) is 30.3 Å². The highest BCUT2D eigenvalue weighted by Gasteiger charge is 2.16. The van der Waals surface area contributed by atoms with Crippen LogP contribution in [0.1, 0.15) is 5.56 Å². The zero-order valence-electron chi connectivity index (χ0n) is 13.7. The van der Waals surface area contributed by atoms with Crippen molar-refractivity contribution >= 4 is 11.4 Å². The Morgan fingerprint density at radius 3 is 2.43 bits per heavy atom. The van der Waals surface area contributed by atoms with Crippen molar-refractivity contribution in [1.29, 1.82) is 0 Å². The second-order valence-corrected chi connectivity index (χ2v) is 6.00. The van der Waals surface area contributed by atoms with Crippen molar-refractivity contribution in [3.05, 3.63) is 54.1 Å². The van der Waals surface area contributed by atoms with E-state index < -0.39 is 0 Å². The van der Waals surface area contributed by atoms with Gasteiger partial charge in [0.1, 0.15) is 12.4 Å². The van der Waals surface area contributed by atoms with Crippen molar-refractivity contribution in [2.45, 2.75) is 6.92 Å². The summed E-state index contributed by atoms with van der Waals surface area (Å²) in [5.74, 6) is 0.799. The van der Waals surface area contributed by atoms with Crippen molar-refractivity contribution in [2.24, 2.45) is 0 Å². The minimum Gasteiger partial charge on any atom is -0.490 e. The molecule has 1 fully saturated rings. The number of rotatable bonds is 5. The molecule has 1 aliphatic heterocycles. The van der Waals surface area contributed by atoms with Gasteiger partial charge in [0.15, 0.2) is 0 Å². The van der Waals surface area contributed by atoms with Crippen LogP contribution < -0.4 is 15.4 Å². The van der Waals surface area contributed by atoms with Gasteiger partial charge in [-0.2, -0.15) is 0 Å². The highest BCUT2D eigenvalue weighted by Crippen LogP contribution is 2.24. The molecule has 0 bridgehead atoms. The Hall–Kier alpha value is -2.20. The number of anilines is 2. The van der Waals surface area contributed by atoms with Crippen molar-refractivity contribution in [2.75, 3.05) is 50.0 Å². The summed E-state index contributed by atoms with van der Waals surface area (Å²) < 4.78 is 5.85. The topological polar surface area (TPSA) is 41.7 Å². The fraction of sp³-hybridized carbons (Fsp3) is 0.368. The molecular formula is C19H25N3O. The lowest BCUT2D eigenvalue weighted by atomic mass is 10.2. The smallest absolute Gasteiger partial charge is 0.142 e. The summed E-state index contributed by atoms with van der Waals surface area (Å²) in [6.45, 7) is 7.90. The average molecular weight is 311 g/mol. The molecule has 0 unspecified atom stereocenters. The Morgan fingerprint density at radius 1 is 0.957 bits per heavy atom. The molecule has 1 aliphatic rings. The molecule has 4 nitrogen and oxygen atoms in total. The minimum atomic E-state index is 0.680. The quantitative estimate of drug-likeness (QED) is 0.862. The minimum absolute atomic E-state index is 0.680. The molecule has 4 heteroatoms. The molecule has 0 saturated carbocycles. The van der Waals surface area contributed by atoms with E-state index in [1.54, 1.807) is 0 Å². The molecule has 0 aromatic heterocycles. The first-order valence-electron chi connectivity index (χ1n) is 8.24. The van der Waals surface area contributed by atoms with Gasteiger partial charge in [0, 0.05) is 38.4 Å². The van der Waals surface area contributed by atoms with E-state index in [2.05, 4.69) is 40.1 Å². The first kappa shape index (κ1) is 15.7. The standard InChI is InChI=1S/C19H25N3O/c1-16-6-5-9-18(19(16)20)23-15-14-21-10-12-22(13-11-21)17-7-3-2-4-8-17/h2-9H,10-15,20H2,1H3. The third-order valence-electron chi connectivity index (χ3n) is 4.44. The number of hydrogen-bond acceptors (Lipinski definition) is 4. The Morgan fingerprint density at radius 2 is 1.70 bits per heavy atom. The first-order chi connectivity index (χ1) is 11.2. The number of para-hydroxylation sites is 2. The molecule has 0 amide bonds. The van der Waals surface area contributed by atoms with Crippen LogP contribution in [0.4, 0.5) is 11.4 Å². The Labute approximate surface area is 138 Å². The maximum atomic E-state index is 6.04. The summed E-state index contributed by atoms with van der Waals surface area (Å²) in [5, 5.41) is 0. The zero-order valence-corrected chi connectivity index (χ0v) is 13.7. The van der Waals surface area contributed by atoms with Crippen LogP contribution in [0, 0.1) is 6.92 Å². The lowest BCUT2D eigenvalue weighted by Crippen LogP contribution is -2.47. The monoisotopic (exact) mass is 311 g/mol. The van der Waals surface area contributed by atoms with E-state index in [4.69, 9.17) is 10.5 Å². The second kappa shape index (κ2) is 7.38. The van der Waals surface area contributed by atoms with Crippen LogP contribution in [-0.4, -0.2) is 44.2 Å². The van der Waals surface area contributed by atoms with Gasteiger partial charge in [-0.25, -0.2) is 0 Å². The van der Waals surface area contributed by atoms with Crippen molar-refractivity contribution in [3.8, 4) is 5.75 Å². The van der Waals surface area contributed by atoms with Gasteiger partial charge in [0.25, 0.3) is 0 Å². The lowest BCUT2D eigenvalue weighted by molar-refractivity contribution is 0.201. The third-order valence-corrected chi connectivity index (χ3v) is 4.44. The van der Waals surface area contributed by atoms with E-state index in [0.717, 1.165) is 49.7 Å². The van der Waals surface area contributed by atoms with Crippen LogP contribution in [0.3, 0.4) is 0 Å². The van der Waals surface area contributed by atoms with E-state index >= 15 is 0 Å². The number of nitrogens with zero attached hydrogens (tertiary/aromatic N) is 2. The maximum absolute atomic E-state index is 6.04. The summed E-state index contributed by atoms with van der Waals surface area (Å²) >= 11 is 0. The largest absolute Gasteiger partial charge is 0.490 e. The van der Waals surface area contributed by atoms with E-state index in [1.165, 1.54) is 5.69 Å². The molecule has 2 N–H and O–H groups in total. The Balaban J connectivity index is 1.44. The maximum Gasteiger partial charge on any atom is 0.142 e. The summed E-state index contributed by atoms with van der Waals surface area (Å²) in [4.78, 5) is 4.89. The molecule has 122 valence electrons. The van der Waals surface area contributed by atoms with Crippen molar-refractivity contribution in [1.82, 2.24) is 4.90 Å². The highest BCUT2D eigenvalue weighted by atomic mass is 16.5. The normalized spacial score (nSPS) is 15.6. The van der Waals surface area contributed by atoms with Crippen LogP contribution in [0.2, 0.25) is 0 Å². The molecule has 2 aromatic carbocycles. The van der Waals surface area contributed by atoms with Gasteiger partial charge in [-0.15, -0.1) is 0 Å². The molecular weight excluding hydrogens is 286 g/mol. The number of benzene rings is 2. The molecule has 0 radical (unpaired) electrons. The number of piperazine rings is 1. The zero-order chi connectivity index (χ0) is 16.1. The van der Waals surface area contributed by atoms with Gasteiger partial charge in [0.05, 0.1) is 5.69 Å². The number of hydrogen-bond donors (Lipinski definition) is 1. The number of nitrogens with two attached hydrogens (primary N) is 1. The predicted octanol–water partition coefficient (Wildman–Crippen LogP) is 2.78. The molecule has 2 aromatic rings. The molecule has 0 atom stereocenters. The predicted molar refractivity (Wildman–Crippen MR) is 96.2 cm³/mol. The van der Waals surface area contributed by atoms with Crippen LogP contribution in [0.15, 0.2) is 48.5 Å². The highest BCUT2D eigenvalue weighted by molar-refractivity contribution is 5.57. The summed E-state index contributed by atoms with van der Waals surface area (Å²) in [6.07, 6.45) is 0. The fourth-order valence-electron chi connectivity index (χ4n) is 2.93. The van der Waals surface area contributed by atoms with E-state index in [-0.39, 0.29) is 0 Å². The SMILES string of the molecule is Cc1cccc(OCCN2CCN(c3ccccc3)CC2)c1N. The molecule has 3 rings (SSSR count). The van der Waals surface area contributed by atoms with Gasteiger partial charge in [-0.05, 0) is 30.7 Å². The van der Waals surface area contributed by atoms with Crippen molar-refractivity contribution < 1.29 is 4.74 Å². The lowest BCUT2D eigenvalue weighted by Gasteiger charge is -2.36. The number of aryl methyl sites for hydroxylation is 1. The van der Waals surface area contributed by atoms with Crippen LogP contribution >= 0.6 is 0 Å². The third kappa shape index (κ3) is 3.96.